The molecule has 10 rings (SSSR count). The zero-order chi connectivity index (χ0) is 33.7. The first-order chi connectivity index (χ1) is 25.3. The lowest BCUT2D eigenvalue weighted by atomic mass is 9.93. The second kappa shape index (κ2) is 11.9. The average molecular weight is 653 g/mol. The van der Waals surface area contributed by atoms with Crippen molar-refractivity contribution in [3.8, 4) is 11.1 Å². The quantitative estimate of drug-likeness (QED) is 0.181. The molecule has 0 aliphatic heterocycles. The molecule has 9 aromatic carbocycles. The highest BCUT2D eigenvalue weighted by Crippen LogP contribution is 2.45. The van der Waals surface area contributed by atoms with Crippen LogP contribution in [0.25, 0.3) is 65.4 Å². The molecule has 240 valence electrons. The van der Waals surface area contributed by atoms with Gasteiger partial charge < -0.3 is 14.6 Å². The Morgan fingerprint density at radius 1 is 0.373 bits per heavy atom. The van der Waals surface area contributed by atoms with Crippen LogP contribution >= 0.6 is 0 Å². The van der Waals surface area contributed by atoms with Gasteiger partial charge in [-0.2, -0.15) is 0 Å². The van der Waals surface area contributed by atoms with Crippen LogP contribution in [-0.2, 0) is 0 Å². The molecule has 0 aliphatic carbocycles. The second-order valence-electron chi connectivity index (χ2n) is 13.1. The van der Waals surface area contributed by atoms with E-state index in [1.807, 2.05) is 6.07 Å². The SMILES string of the molecule is c1ccc(-c2ccc3c4ccc(N(c5ccccc5)c5cccc(Nc6ccc7ccccc7c6)c5)cc4c4oc5ccccc5c4c3c2)cc1. The molecule has 0 bridgehead atoms. The highest BCUT2D eigenvalue weighted by Gasteiger charge is 2.19. The van der Waals surface area contributed by atoms with Gasteiger partial charge in [-0.1, -0.05) is 121 Å². The summed E-state index contributed by atoms with van der Waals surface area (Å²) < 4.78 is 6.75. The van der Waals surface area contributed by atoms with Crippen LogP contribution in [0.15, 0.2) is 192 Å². The maximum Gasteiger partial charge on any atom is 0.143 e. The standard InChI is InChI=1S/C48H32N2O/c1-3-12-32(13-4-1)35-23-26-41-42-27-25-40(31-45(42)48-47(44(41)29-35)43-20-9-10-21-46(43)51-48)50(38-17-5-2-6-18-38)39-19-11-16-36(30-39)49-37-24-22-33-14-7-8-15-34(33)28-37/h1-31,49H. The van der Waals surface area contributed by atoms with Crippen LogP contribution in [0.5, 0.6) is 0 Å². The van der Waals surface area contributed by atoms with Crippen LogP contribution in [0.1, 0.15) is 0 Å². The van der Waals surface area contributed by atoms with Crippen molar-refractivity contribution < 1.29 is 4.42 Å². The number of hydrogen-bond donors (Lipinski definition) is 1. The van der Waals surface area contributed by atoms with Crippen molar-refractivity contribution >= 4 is 82.7 Å². The topological polar surface area (TPSA) is 28.4 Å². The number of rotatable bonds is 6. The summed E-state index contributed by atoms with van der Waals surface area (Å²) in [6.45, 7) is 0. The number of para-hydroxylation sites is 2. The number of benzene rings is 9. The lowest BCUT2D eigenvalue weighted by Crippen LogP contribution is -2.10. The van der Waals surface area contributed by atoms with E-state index in [-0.39, 0.29) is 0 Å². The Kier molecular flexibility index (Phi) is 6.81. The highest BCUT2D eigenvalue weighted by atomic mass is 16.3. The Labute approximate surface area is 295 Å². The molecular formula is C48H32N2O. The molecule has 51 heavy (non-hydrogen) atoms. The Bertz CT molecular complexity index is 2890. The normalized spacial score (nSPS) is 11.5. The molecule has 0 fully saturated rings. The molecule has 0 saturated carbocycles. The molecule has 0 spiro atoms. The molecular weight excluding hydrogens is 621 g/mol. The molecule has 3 nitrogen and oxygen atoms in total. The Morgan fingerprint density at radius 3 is 1.94 bits per heavy atom. The first kappa shape index (κ1) is 29.1. The summed E-state index contributed by atoms with van der Waals surface area (Å²) in [6, 6.07) is 66.8. The first-order valence-corrected chi connectivity index (χ1v) is 17.3. The smallest absolute Gasteiger partial charge is 0.143 e. The number of nitrogens with zero attached hydrogens (tertiary/aromatic N) is 1. The average Bonchev–Trinajstić information content (AvgIpc) is 3.59. The summed E-state index contributed by atoms with van der Waals surface area (Å²) in [5.41, 5.74) is 9.45. The number of nitrogens with one attached hydrogen (secondary N) is 1. The van der Waals surface area contributed by atoms with E-state index in [2.05, 4.69) is 192 Å². The minimum Gasteiger partial charge on any atom is -0.455 e. The molecule has 1 heterocycles. The van der Waals surface area contributed by atoms with Crippen LogP contribution < -0.4 is 10.2 Å². The molecule has 1 N–H and O–H groups in total. The Morgan fingerprint density at radius 2 is 1.06 bits per heavy atom. The third-order valence-electron chi connectivity index (χ3n) is 9.94. The van der Waals surface area contributed by atoms with Gasteiger partial charge in [0.25, 0.3) is 0 Å². The number of anilines is 5. The van der Waals surface area contributed by atoms with Crippen molar-refractivity contribution in [3.63, 3.8) is 0 Å². The molecule has 0 radical (unpaired) electrons. The molecule has 3 heteroatoms. The summed E-state index contributed by atoms with van der Waals surface area (Å²) in [7, 11) is 0. The van der Waals surface area contributed by atoms with Crippen molar-refractivity contribution in [2.24, 2.45) is 0 Å². The fourth-order valence-electron chi connectivity index (χ4n) is 7.57. The lowest BCUT2D eigenvalue weighted by molar-refractivity contribution is 0.673. The number of fused-ring (bicyclic) bond motifs is 9. The van der Waals surface area contributed by atoms with Crippen LogP contribution in [0.4, 0.5) is 28.4 Å². The van der Waals surface area contributed by atoms with Crippen LogP contribution in [-0.4, -0.2) is 0 Å². The molecule has 0 atom stereocenters. The van der Waals surface area contributed by atoms with Gasteiger partial charge in [0.05, 0.1) is 0 Å². The zero-order valence-electron chi connectivity index (χ0n) is 27.8. The maximum absolute atomic E-state index is 6.75. The van der Waals surface area contributed by atoms with Gasteiger partial charge in [0.15, 0.2) is 0 Å². The summed E-state index contributed by atoms with van der Waals surface area (Å²) >= 11 is 0. The van der Waals surface area contributed by atoms with Crippen molar-refractivity contribution in [1.29, 1.82) is 0 Å². The van der Waals surface area contributed by atoms with E-state index >= 15 is 0 Å². The first-order valence-electron chi connectivity index (χ1n) is 17.3. The predicted molar refractivity (Wildman–Crippen MR) is 216 cm³/mol. The minimum absolute atomic E-state index is 0.893. The van der Waals surface area contributed by atoms with Gasteiger partial charge >= 0.3 is 0 Å². The molecule has 0 aliphatic rings. The van der Waals surface area contributed by atoms with Gasteiger partial charge in [-0.25, -0.2) is 0 Å². The molecule has 0 amide bonds. The van der Waals surface area contributed by atoms with Gasteiger partial charge in [-0.15, -0.1) is 0 Å². The third kappa shape index (κ3) is 5.06. The monoisotopic (exact) mass is 652 g/mol. The van der Waals surface area contributed by atoms with Crippen molar-refractivity contribution in [2.75, 3.05) is 10.2 Å². The molecule has 0 saturated heterocycles. The predicted octanol–water partition coefficient (Wildman–Crippen LogP) is 13.9. The maximum atomic E-state index is 6.75. The van der Waals surface area contributed by atoms with Crippen molar-refractivity contribution in [1.82, 2.24) is 0 Å². The lowest BCUT2D eigenvalue weighted by Gasteiger charge is -2.26. The molecule has 1 aromatic heterocycles. The van der Waals surface area contributed by atoms with E-state index in [4.69, 9.17) is 4.42 Å². The van der Waals surface area contributed by atoms with Crippen molar-refractivity contribution in [3.05, 3.63) is 188 Å². The van der Waals surface area contributed by atoms with Gasteiger partial charge in [0.2, 0.25) is 0 Å². The van der Waals surface area contributed by atoms with E-state index in [0.29, 0.717) is 0 Å². The fourth-order valence-corrected chi connectivity index (χ4v) is 7.57. The Balaban J connectivity index is 1.15. The van der Waals surface area contributed by atoms with Gasteiger partial charge in [-0.05, 0) is 105 Å². The number of hydrogen-bond acceptors (Lipinski definition) is 3. The van der Waals surface area contributed by atoms with E-state index in [0.717, 1.165) is 55.8 Å². The van der Waals surface area contributed by atoms with Crippen LogP contribution in [0, 0.1) is 0 Å². The zero-order valence-corrected chi connectivity index (χ0v) is 27.8. The van der Waals surface area contributed by atoms with Crippen LogP contribution in [0.2, 0.25) is 0 Å². The Hall–Kier alpha value is -6.84. The number of furan rings is 1. The van der Waals surface area contributed by atoms with E-state index in [1.165, 1.54) is 38.1 Å². The highest BCUT2D eigenvalue weighted by molar-refractivity contribution is 6.31. The van der Waals surface area contributed by atoms with E-state index in [1.54, 1.807) is 0 Å². The molecule has 0 unspecified atom stereocenters. The summed E-state index contributed by atoms with van der Waals surface area (Å²) in [4.78, 5) is 2.32. The van der Waals surface area contributed by atoms with Gasteiger partial charge in [0.1, 0.15) is 11.2 Å². The molecule has 10 aromatic rings. The fraction of sp³-hybridized carbons (Fsp3) is 0. The van der Waals surface area contributed by atoms with E-state index in [9.17, 15) is 0 Å². The van der Waals surface area contributed by atoms with Crippen LogP contribution in [0.3, 0.4) is 0 Å². The van der Waals surface area contributed by atoms with Gasteiger partial charge in [0, 0.05) is 44.6 Å². The van der Waals surface area contributed by atoms with E-state index < -0.39 is 0 Å². The van der Waals surface area contributed by atoms with Gasteiger partial charge in [-0.3, -0.25) is 0 Å². The summed E-state index contributed by atoms with van der Waals surface area (Å²) in [5.74, 6) is 0. The second-order valence-corrected chi connectivity index (χ2v) is 13.1. The largest absolute Gasteiger partial charge is 0.455 e. The third-order valence-corrected chi connectivity index (χ3v) is 9.94. The summed E-state index contributed by atoms with van der Waals surface area (Å²) in [6.07, 6.45) is 0. The van der Waals surface area contributed by atoms with Crippen molar-refractivity contribution in [2.45, 2.75) is 0 Å². The minimum atomic E-state index is 0.893. The summed E-state index contributed by atoms with van der Waals surface area (Å²) in [5, 5.41) is 13.0.